The quantitative estimate of drug-likeness (QED) is 0.783. The topological polar surface area (TPSA) is 74.2 Å². The zero-order valence-electron chi connectivity index (χ0n) is 10.9. The lowest BCUT2D eigenvalue weighted by molar-refractivity contribution is -0.119. The Labute approximate surface area is 117 Å². The number of ether oxygens (including phenoxy) is 1. The van der Waals surface area contributed by atoms with Gasteiger partial charge in [-0.05, 0) is 18.6 Å². The Bertz CT molecular complexity index is 497. The van der Waals surface area contributed by atoms with Gasteiger partial charge < -0.3 is 15.4 Å². The number of carbonyl (C=O) groups is 1. The monoisotopic (exact) mass is 281 g/mol. The van der Waals surface area contributed by atoms with Crippen molar-refractivity contribution in [3.05, 3.63) is 22.7 Å². The molecule has 1 aromatic rings. The minimum atomic E-state index is -0.176. The summed E-state index contributed by atoms with van der Waals surface area (Å²) in [6.45, 7) is 2.34. The van der Waals surface area contributed by atoms with Gasteiger partial charge in [-0.3, -0.25) is 4.79 Å². The van der Waals surface area contributed by atoms with Crippen LogP contribution in [0.5, 0.6) is 5.75 Å². The summed E-state index contributed by atoms with van der Waals surface area (Å²) in [5.74, 6) is 0.408. The molecule has 0 heterocycles. The van der Waals surface area contributed by atoms with Crippen LogP contribution in [0.15, 0.2) is 12.1 Å². The van der Waals surface area contributed by atoms with Gasteiger partial charge in [0.15, 0.2) is 0 Å². The van der Waals surface area contributed by atoms with E-state index in [1.54, 1.807) is 13.2 Å². The molecule has 19 heavy (non-hydrogen) atoms. The van der Waals surface area contributed by atoms with Crippen molar-refractivity contribution in [3.63, 3.8) is 0 Å². The van der Waals surface area contributed by atoms with Gasteiger partial charge in [0.25, 0.3) is 0 Å². The Morgan fingerprint density at radius 2 is 2.26 bits per heavy atom. The Morgan fingerprint density at radius 3 is 2.89 bits per heavy atom. The van der Waals surface area contributed by atoms with Crippen molar-refractivity contribution in [2.45, 2.75) is 13.3 Å². The molecule has 0 radical (unpaired) electrons. The highest BCUT2D eigenvalue weighted by Crippen LogP contribution is 2.30. The maximum absolute atomic E-state index is 11.5. The van der Waals surface area contributed by atoms with E-state index >= 15 is 0 Å². The van der Waals surface area contributed by atoms with Crippen molar-refractivity contribution in [1.29, 1.82) is 5.26 Å². The number of nitriles is 1. The minimum absolute atomic E-state index is 0.114. The second-order valence-corrected chi connectivity index (χ2v) is 4.32. The maximum atomic E-state index is 11.5. The van der Waals surface area contributed by atoms with Crippen LogP contribution in [0.1, 0.15) is 12.0 Å². The summed E-state index contributed by atoms with van der Waals surface area (Å²) in [6, 6.07) is 5.48. The molecular formula is C13H16ClN3O2. The second kappa shape index (κ2) is 7.49. The van der Waals surface area contributed by atoms with E-state index in [4.69, 9.17) is 21.6 Å². The summed E-state index contributed by atoms with van der Waals surface area (Å²) in [5, 5.41) is 14.6. The molecule has 0 aliphatic carbocycles. The van der Waals surface area contributed by atoms with Gasteiger partial charge in [0.05, 0.1) is 31.8 Å². The van der Waals surface area contributed by atoms with Crippen molar-refractivity contribution < 1.29 is 9.53 Å². The Hall–Kier alpha value is -1.93. The highest BCUT2D eigenvalue weighted by Gasteiger charge is 2.08. The number of benzene rings is 1. The van der Waals surface area contributed by atoms with Crippen LogP contribution in [-0.4, -0.2) is 26.1 Å². The van der Waals surface area contributed by atoms with Crippen LogP contribution in [0.4, 0.5) is 5.69 Å². The number of rotatable bonds is 6. The normalized spacial score (nSPS) is 9.58. The molecular weight excluding hydrogens is 266 g/mol. The molecule has 0 atom stereocenters. The fourth-order valence-corrected chi connectivity index (χ4v) is 1.62. The molecule has 0 aliphatic heterocycles. The number of anilines is 1. The van der Waals surface area contributed by atoms with Gasteiger partial charge in [0.2, 0.25) is 5.91 Å². The molecule has 5 nitrogen and oxygen atoms in total. The standard InChI is InChI=1S/C13H16ClN3O2/c1-9-6-11(12(19-2)7-10(9)14)17-8-13(18)16-5-3-4-15/h6-7,17H,3,5,8H2,1-2H3,(H,16,18). The first-order valence-electron chi connectivity index (χ1n) is 5.80. The first-order chi connectivity index (χ1) is 9.08. The number of amides is 1. The summed E-state index contributed by atoms with van der Waals surface area (Å²) in [4.78, 5) is 11.5. The van der Waals surface area contributed by atoms with Gasteiger partial charge in [-0.2, -0.15) is 5.26 Å². The highest BCUT2D eigenvalue weighted by atomic mass is 35.5. The molecule has 102 valence electrons. The summed E-state index contributed by atoms with van der Waals surface area (Å²) >= 11 is 5.99. The fraction of sp³-hybridized carbons (Fsp3) is 0.385. The van der Waals surface area contributed by atoms with E-state index in [1.807, 2.05) is 19.1 Å². The third kappa shape index (κ3) is 4.68. The van der Waals surface area contributed by atoms with Gasteiger partial charge in [0.1, 0.15) is 5.75 Å². The zero-order chi connectivity index (χ0) is 14.3. The summed E-state index contributed by atoms with van der Waals surface area (Å²) < 4.78 is 5.19. The molecule has 1 amide bonds. The van der Waals surface area contributed by atoms with Gasteiger partial charge >= 0.3 is 0 Å². The van der Waals surface area contributed by atoms with Crippen LogP contribution in [0.25, 0.3) is 0 Å². The third-order valence-corrected chi connectivity index (χ3v) is 2.89. The van der Waals surface area contributed by atoms with Crippen LogP contribution >= 0.6 is 11.6 Å². The Balaban J connectivity index is 2.60. The van der Waals surface area contributed by atoms with Crippen molar-refractivity contribution in [1.82, 2.24) is 5.32 Å². The Morgan fingerprint density at radius 1 is 1.53 bits per heavy atom. The van der Waals surface area contributed by atoms with E-state index in [0.29, 0.717) is 29.4 Å². The van der Waals surface area contributed by atoms with E-state index in [9.17, 15) is 4.79 Å². The molecule has 0 aromatic heterocycles. The Kier molecular flexibility index (Phi) is 5.97. The molecule has 0 aliphatic rings. The van der Waals surface area contributed by atoms with Crippen LogP contribution in [0.2, 0.25) is 5.02 Å². The lowest BCUT2D eigenvalue weighted by Crippen LogP contribution is -2.30. The van der Waals surface area contributed by atoms with Crippen LogP contribution in [0.3, 0.4) is 0 Å². The van der Waals surface area contributed by atoms with Crippen LogP contribution < -0.4 is 15.4 Å². The average molecular weight is 282 g/mol. The molecule has 0 spiro atoms. The van der Waals surface area contributed by atoms with Crippen LogP contribution in [0, 0.1) is 18.3 Å². The predicted octanol–water partition coefficient (Wildman–Crippen LogP) is 2.10. The van der Waals surface area contributed by atoms with Crippen molar-refractivity contribution >= 4 is 23.2 Å². The number of methoxy groups -OCH3 is 1. The maximum Gasteiger partial charge on any atom is 0.239 e. The number of carbonyl (C=O) groups excluding carboxylic acids is 1. The molecule has 0 saturated heterocycles. The molecule has 6 heteroatoms. The lowest BCUT2D eigenvalue weighted by Gasteiger charge is -2.13. The van der Waals surface area contributed by atoms with Crippen LogP contribution in [-0.2, 0) is 4.79 Å². The van der Waals surface area contributed by atoms with Gasteiger partial charge in [0, 0.05) is 17.6 Å². The predicted molar refractivity (Wildman–Crippen MR) is 74.5 cm³/mol. The molecule has 1 aromatic carbocycles. The highest BCUT2D eigenvalue weighted by molar-refractivity contribution is 6.31. The largest absolute Gasteiger partial charge is 0.495 e. The lowest BCUT2D eigenvalue weighted by atomic mass is 10.2. The summed E-state index contributed by atoms with van der Waals surface area (Å²) in [7, 11) is 1.54. The van der Waals surface area contributed by atoms with Crippen molar-refractivity contribution in [2.24, 2.45) is 0 Å². The molecule has 0 saturated carbocycles. The van der Waals surface area contributed by atoms with E-state index in [2.05, 4.69) is 10.6 Å². The smallest absolute Gasteiger partial charge is 0.239 e. The fourth-order valence-electron chi connectivity index (χ4n) is 1.47. The number of hydrogen-bond acceptors (Lipinski definition) is 4. The van der Waals surface area contributed by atoms with Gasteiger partial charge in [-0.1, -0.05) is 11.6 Å². The molecule has 2 N–H and O–H groups in total. The average Bonchev–Trinajstić information content (AvgIpc) is 2.40. The third-order valence-electron chi connectivity index (χ3n) is 2.48. The number of aryl methyl sites for hydroxylation is 1. The zero-order valence-corrected chi connectivity index (χ0v) is 11.7. The van der Waals surface area contributed by atoms with Crippen molar-refractivity contribution in [3.8, 4) is 11.8 Å². The van der Waals surface area contributed by atoms with E-state index in [-0.39, 0.29) is 12.5 Å². The SMILES string of the molecule is COc1cc(Cl)c(C)cc1NCC(=O)NCCC#N. The van der Waals surface area contributed by atoms with E-state index in [0.717, 1.165) is 5.56 Å². The van der Waals surface area contributed by atoms with Gasteiger partial charge in [-0.25, -0.2) is 0 Å². The number of nitrogens with zero attached hydrogens (tertiary/aromatic N) is 1. The first kappa shape index (κ1) is 15.1. The number of nitrogens with one attached hydrogen (secondary N) is 2. The minimum Gasteiger partial charge on any atom is -0.495 e. The molecule has 1 rings (SSSR count). The van der Waals surface area contributed by atoms with Gasteiger partial charge in [-0.15, -0.1) is 0 Å². The first-order valence-corrected chi connectivity index (χ1v) is 6.18. The molecule has 0 unspecified atom stereocenters. The van der Waals surface area contributed by atoms with E-state index in [1.165, 1.54) is 0 Å². The van der Waals surface area contributed by atoms with Crippen molar-refractivity contribution in [2.75, 3.05) is 25.5 Å². The van der Waals surface area contributed by atoms with E-state index < -0.39 is 0 Å². The molecule has 0 bridgehead atoms. The summed E-state index contributed by atoms with van der Waals surface area (Å²) in [6.07, 6.45) is 0.301. The number of hydrogen-bond donors (Lipinski definition) is 2. The second-order valence-electron chi connectivity index (χ2n) is 3.91. The summed E-state index contributed by atoms with van der Waals surface area (Å²) in [5.41, 5.74) is 1.61. The number of halogens is 1. The molecule has 0 fully saturated rings.